The molecule has 0 aliphatic heterocycles. The normalized spacial score (nSPS) is 15.6. The lowest BCUT2D eigenvalue weighted by Crippen LogP contribution is -2.14. The first kappa shape index (κ1) is 12.2. The van der Waals surface area contributed by atoms with Crippen molar-refractivity contribution in [2.45, 2.75) is 32.3 Å². The van der Waals surface area contributed by atoms with Gasteiger partial charge < -0.3 is 4.74 Å². The maximum absolute atomic E-state index is 11.3. The van der Waals surface area contributed by atoms with E-state index in [0.717, 1.165) is 19.1 Å². The Labute approximate surface area is 101 Å². The van der Waals surface area contributed by atoms with Crippen LogP contribution in [0.15, 0.2) is 12.3 Å². The minimum absolute atomic E-state index is 0.224. The number of aromatic nitrogens is 1. The molecule has 1 saturated carbocycles. The van der Waals surface area contributed by atoms with E-state index < -0.39 is 10.0 Å². The Morgan fingerprint density at radius 2 is 2.24 bits per heavy atom. The lowest BCUT2D eigenvalue weighted by Gasteiger charge is -2.14. The molecule has 1 aromatic rings. The van der Waals surface area contributed by atoms with E-state index in [-0.39, 0.29) is 6.10 Å². The smallest absolute Gasteiger partial charge is 0.229 e. The molecule has 0 saturated heterocycles. The van der Waals surface area contributed by atoms with Gasteiger partial charge in [0, 0.05) is 12.3 Å². The maximum atomic E-state index is 11.3. The van der Waals surface area contributed by atoms with Crippen LogP contribution in [0.3, 0.4) is 0 Å². The molecule has 0 radical (unpaired) electrons. The summed E-state index contributed by atoms with van der Waals surface area (Å²) in [5.74, 6) is 0.574. The van der Waals surface area contributed by atoms with Crippen LogP contribution in [0.4, 0.5) is 5.69 Å². The molecule has 1 fully saturated rings. The summed E-state index contributed by atoms with van der Waals surface area (Å²) in [6.07, 6.45) is 5.70. The van der Waals surface area contributed by atoms with E-state index in [1.54, 1.807) is 12.3 Å². The molecule has 1 N–H and O–H groups in total. The lowest BCUT2D eigenvalue weighted by atomic mass is 10.2. The zero-order valence-corrected chi connectivity index (χ0v) is 10.8. The molecule has 1 aliphatic rings. The summed E-state index contributed by atoms with van der Waals surface area (Å²) in [7, 11) is -3.32. The number of aryl methyl sites for hydroxylation is 1. The van der Waals surface area contributed by atoms with Gasteiger partial charge in [0.2, 0.25) is 10.0 Å². The SMILES string of the molecule is CCc1nccc(OC2CC2)c1NS(C)(=O)=O. The third-order valence-electron chi connectivity index (χ3n) is 2.43. The summed E-state index contributed by atoms with van der Waals surface area (Å²) in [5, 5.41) is 0. The summed E-state index contributed by atoms with van der Waals surface area (Å²) in [6.45, 7) is 1.93. The van der Waals surface area contributed by atoms with Gasteiger partial charge >= 0.3 is 0 Å². The fraction of sp³-hybridized carbons (Fsp3) is 0.545. The van der Waals surface area contributed by atoms with Crippen molar-refractivity contribution >= 4 is 15.7 Å². The Bertz CT molecular complexity index is 509. The fourth-order valence-corrected chi connectivity index (χ4v) is 2.10. The van der Waals surface area contributed by atoms with E-state index >= 15 is 0 Å². The maximum Gasteiger partial charge on any atom is 0.229 e. The van der Waals surface area contributed by atoms with E-state index in [0.29, 0.717) is 23.6 Å². The predicted molar refractivity (Wildman–Crippen MR) is 65.7 cm³/mol. The van der Waals surface area contributed by atoms with E-state index in [2.05, 4.69) is 9.71 Å². The molecule has 0 spiro atoms. The first-order valence-corrected chi connectivity index (χ1v) is 7.51. The molecule has 1 aromatic heterocycles. The minimum atomic E-state index is -3.32. The third kappa shape index (κ3) is 3.33. The predicted octanol–water partition coefficient (Wildman–Crippen LogP) is 1.56. The second-order valence-corrected chi connectivity index (χ2v) is 5.92. The first-order chi connectivity index (χ1) is 7.99. The number of sulfonamides is 1. The van der Waals surface area contributed by atoms with Gasteiger partial charge in [-0.05, 0) is 19.3 Å². The monoisotopic (exact) mass is 256 g/mol. The molecule has 94 valence electrons. The summed E-state index contributed by atoms with van der Waals surface area (Å²) >= 11 is 0. The van der Waals surface area contributed by atoms with Crippen LogP contribution in [0, 0.1) is 0 Å². The number of ether oxygens (including phenoxy) is 1. The Hall–Kier alpha value is -1.30. The zero-order valence-electron chi connectivity index (χ0n) is 9.93. The van der Waals surface area contributed by atoms with Crippen LogP contribution >= 0.6 is 0 Å². The van der Waals surface area contributed by atoms with Gasteiger partial charge in [-0.1, -0.05) is 6.92 Å². The summed E-state index contributed by atoms with van der Waals surface area (Å²) < 4.78 is 30.8. The number of nitrogens with one attached hydrogen (secondary N) is 1. The molecule has 17 heavy (non-hydrogen) atoms. The first-order valence-electron chi connectivity index (χ1n) is 5.62. The van der Waals surface area contributed by atoms with Crippen LogP contribution in [0.25, 0.3) is 0 Å². The third-order valence-corrected chi connectivity index (χ3v) is 3.01. The van der Waals surface area contributed by atoms with Crippen molar-refractivity contribution in [2.24, 2.45) is 0 Å². The van der Waals surface area contributed by atoms with Gasteiger partial charge in [0.25, 0.3) is 0 Å². The van der Waals surface area contributed by atoms with Crippen molar-refractivity contribution in [3.8, 4) is 5.75 Å². The lowest BCUT2D eigenvalue weighted by molar-refractivity contribution is 0.304. The van der Waals surface area contributed by atoms with Crippen LogP contribution in [0.1, 0.15) is 25.5 Å². The Morgan fingerprint density at radius 3 is 2.76 bits per heavy atom. The van der Waals surface area contributed by atoms with Crippen LogP contribution in [0.2, 0.25) is 0 Å². The molecule has 0 bridgehead atoms. The summed E-state index contributed by atoms with van der Waals surface area (Å²) in [6, 6.07) is 1.70. The van der Waals surface area contributed by atoms with E-state index in [9.17, 15) is 8.42 Å². The second kappa shape index (κ2) is 4.52. The molecular weight excluding hydrogens is 240 g/mol. The quantitative estimate of drug-likeness (QED) is 0.868. The molecule has 0 aromatic carbocycles. The highest BCUT2D eigenvalue weighted by atomic mass is 32.2. The van der Waals surface area contributed by atoms with Crippen molar-refractivity contribution < 1.29 is 13.2 Å². The summed E-state index contributed by atoms with van der Waals surface area (Å²) in [4.78, 5) is 4.16. The highest BCUT2D eigenvalue weighted by Gasteiger charge is 2.25. The Morgan fingerprint density at radius 1 is 1.53 bits per heavy atom. The van der Waals surface area contributed by atoms with Gasteiger partial charge in [-0.3, -0.25) is 9.71 Å². The average molecular weight is 256 g/mol. The number of nitrogens with zero attached hydrogens (tertiary/aromatic N) is 1. The zero-order chi connectivity index (χ0) is 12.5. The molecule has 0 atom stereocenters. The molecule has 0 unspecified atom stereocenters. The van der Waals surface area contributed by atoms with Gasteiger partial charge in [-0.2, -0.15) is 0 Å². The number of rotatable bonds is 5. The number of anilines is 1. The average Bonchev–Trinajstić information content (AvgIpc) is 3.02. The molecule has 1 aliphatic carbocycles. The van der Waals surface area contributed by atoms with Crippen molar-refractivity contribution in [3.63, 3.8) is 0 Å². The largest absolute Gasteiger partial charge is 0.488 e. The van der Waals surface area contributed by atoms with Crippen molar-refractivity contribution in [1.82, 2.24) is 4.98 Å². The van der Waals surface area contributed by atoms with E-state index in [1.165, 1.54) is 0 Å². The standard InChI is InChI=1S/C11H16N2O3S/c1-3-9-11(13-17(2,14)15)10(6-7-12-9)16-8-4-5-8/h6-8,13H,3-5H2,1-2H3. The van der Waals surface area contributed by atoms with Crippen LogP contribution in [-0.4, -0.2) is 25.8 Å². The van der Waals surface area contributed by atoms with Crippen molar-refractivity contribution in [2.75, 3.05) is 11.0 Å². The van der Waals surface area contributed by atoms with Gasteiger partial charge in [0.05, 0.1) is 18.1 Å². The topological polar surface area (TPSA) is 68.3 Å². The van der Waals surface area contributed by atoms with Crippen LogP contribution < -0.4 is 9.46 Å². The van der Waals surface area contributed by atoms with Crippen molar-refractivity contribution in [1.29, 1.82) is 0 Å². The van der Waals surface area contributed by atoms with Gasteiger partial charge in [0.1, 0.15) is 11.4 Å². The number of pyridine rings is 1. The number of hydrogen-bond donors (Lipinski definition) is 1. The van der Waals surface area contributed by atoms with Gasteiger partial charge in [0.15, 0.2) is 0 Å². The van der Waals surface area contributed by atoms with E-state index in [4.69, 9.17) is 4.74 Å². The van der Waals surface area contributed by atoms with Crippen LogP contribution in [0.5, 0.6) is 5.75 Å². The highest BCUT2D eigenvalue weighted by molar-refractivity contribution is 7.92. The van der Waals surface area contributed by atoms with Crippen molar-refractivity contribution in [3.05, 3.63) is 18.0 Å². The fourth-order valence-electron chi connectivity index (χ4n) is 1.51. The highest BCUT2D eigenvalue weighted by Crippen LogP contribution is 2.33. The Kier molecular flexibility index (Phi) is 3.24. The minimum Gasteiger partial charge on any atom is -0.488 e. The van der Waals surface area contributed by atoms with Crippen LogP contribution in [-0.2, 0) is 16.4 Å². The molecule has 6 heteroatoms. The molecule has 0 amide bonds. The number of hydrogen-bond acceptors (Lipinski definition) is 4. The molecule has 1 heterocycles. The van der Waals surface area contributed by atoms with E-state index in [1.807, 2.05) is 6.92 Å². The second-order valence-electron chi connectivity index (χ2n) is 4.18. The summed E-state index contributed by atoms with van der Waals surface area (Å²) in [5.41, 5.74) is 1.18. The van der Waals surface area contributed by atoms with Gasteiger partial charge in [-0.25, -0.2) is 8.42 Å². The molecule has 5 nitrogen and oxygen atoms in total. The molecular formula is C11H16N2O3S. The molecule has 2 rings (SSSR count). The Balaban J connectivity index is 2.35. The van der Waals surface area contributed by atoms with Gasteiger partial charge in [-0.15, -0.1) is 0 Å².